The van der Waals surface area contributed by atoms with Gasteiger partial charge >= 0.3 is 6.09 Å². The van der Waals surface area contributed by atoms with Crippen molar-refractivity contribution in [1.29, 1.82) is 0 Å². The topological polar surface area (TPSA) is 41.6 Å². The molecule has 0 aromatic rings. The number of hydrogen-bond acceptors (Lipinski definition) is 3. The molecule has 0 aliphatic carbocycles. The van der Waals surface area contributed by atoms with Crippen molar-refractivity contribution in [3.63, 3.8) is 0 Å². The van der Waals surface area contributed by atoms with Gasteiger partial charge in [-0.2, -0.15) is 0 Å². The lowest BCUT2D eigenvalue weighted by Gasteiger charge is -2.33. The molecule has 1 saturated heterocycles. The third-order valence-electron chi connectivity index (χ3n) is 4.15. The van der Waals surface area contributed by atoms with Gasteiger partial charge in [0, 0.05) is 19.1 Å². The molecule has 0 saturated carbocycles. The van der Waals surface area contributed by atoms with Crippen LogP contribution in [-0.4, -0.2) is 42.8 Å². The fraction of sp³-hybridized carbons (Fsp3) is 0.938. The second-order valence-corrected chi connectivity index (χ2v) is 6.66. The zero-order valence-electron chi connectivity index (χ0n) is 13.8. The van der Waals surface area contributed by atoms with Crippen LogP contribution in [0.4, 0.5) is 4.79 Å². The van der Waals surface area contributed by atoms with E-state index in [2.05, 4.69) is 33.0 Å². The molecule has 0 radical (unpaired) electrons. The smallest absolute Gasteiger partial charge is 0.410 e. The summed E-state index contributed by atoms with van der Waals surface area (Å²) in [6.07, 6.45) is 2.93. The monoisotopic (exact) mass is 284 g/mol. The second kappa shape index (κ2) is 8.50. The molecule has 20 heavy (non-hydrogen) atoms. The molecular formula is C16H32N2O2. The quantitative estimate of drug-likeness (QED) is 0.814. The van der Waals surface area contributed by atoms with Crippen molar-refractivity contribution in [2.75, 3.05) is 19.6 Å². The Labute approximate surface area is 124 Å². The van der Waals surface area contributed by atoms with Gasteiger partial charge < -0.3 is 15.0 Å². The molecule has 1 atom stereocenters. The van der Waals surface area contributed by atoms with E-state index in [1.54, 1.807) is 0 Å². The molecule has 118 valence electrons. The van der Waals surface area contributed by atoms with Crippen LogP contribution in [-0.2, 0) is 4.74 Å². The van der Waals surface area contributed by atoms with Crippen LogP contribution in [0.2, 0.25) is 0 Å². The molecular weight excluding hydrogens is 252 g/mol. The van der Waals surface area contributed by atoms with Gasteiger partial charge in [-0.05, 0) is 44.6 Å². The van der Waals surface area contributed by atoms with Crippen LogP contribution in [0.25, 0.3) is 0 Å². The molecule has 0 bridgehead atoms. The number of piperidine rings is 1. The van der Waals surface area contributed by atoms with Crippen LogP contribution in [0.15, 0.2) is 0 Å². The van der Waals surface area contributed by atoms with Gasteiger partial charge in [0.1, 0.15) is 6.10 Å². The number of rotatable bonds is 6. The normalized spacial score (nSPS) is 18.6. The van der Waals surface area contributed by atoms with Gasteiger partial charge in [0.05, 0.1) is 0 Å². The fourth-order valence-electron chi connectivity index (χ4n) is 2.63. The maximum atomic E-state index is 12.1. The second-order valence-electron chi connectivity index (χ2n) is 6.66. The first-order valence-corrected chi connectivity index (χ1v) is 8.09. The Kier molecular flexibility index (Phi) is 7.35. The number of ether oxygens (including phenoxy) is 1. The molecule has 1 aliphatic heterocycles. The number of carbonyl (C=O) groups is 1. The predicted molar refractivity (Wildman–Crippen MR) is 82.8 cm³/mol. The van der Waals surface area contributed by atoms with Crippen molar-refractivity contribution < 1.29 is 9.53 Å². The third-order valence-corrected chi connectivity index (χ3v) is 4.15. The first kappa shape index (κ1) is 17.3. The highest BCUT2D eigenvalue weighted by molar-refractivity contribution is 5.67. The van der Waals surface area contributed by atoms with E-state index in [9.17, 15) is 4.79 Å². The predicted octanol–water partition coefficient (Wildman–Crippen LogP) is 3.27. The standard InChI is InChI=1S/C16H32N2O2/c1-12(2)15-7-10-18(11-8-15)16(19)20-14(5)6-9-17-13(3)4/h12-15,17H,6-11H2,1-5H3. The molecule has 1 heterocycles. The maximum Gasteiger partial charge on any atom is 0.410 e. The molecule has 1 amide bonds. The van der Waals surface area contributed by atoms with E-state index in [-0.39, 0.29) is 12.2 Å². The summed E-state index contributed by atoms with van der Waals surface area (Å²) in [7, 11) is 0. The minimum Gasteiger partial charge on any atom is -0.446 e. The van der Waals surface area contributed by atoms with E-state index in [0.717, 1.165) is 44.8 Å². The zero-order valence-corrected chi connectivity index (χ0v) is 13.8. The van der Waals surface area contributed by atoms with Crippen LogP contribution >= 0.6 is 0 Å². The Balaban J connectivity index is 2.22. The maximum absolute atomic E-state index is 12.1. The Hall–Kier alpha value is -0.770. The molecule has 0 aromatic heterocycles. The first-order chi connectivity index (χ1) is 9.40. The van der Waals surface area contributed by atoms with E-state index >= 15 is 0 Å². The summed E-state index contributed by atoms with van der Waals surface area (Å²) in [6, 6.07) is 0.480. The van der Waals surface area contributed by atoms with E-state index in [0.29, 0.717) is 12.0 Å². The molecule has 0 aromatic carbocycles. The van der Waals surface area contributed by atoms with Crippen LogP contribution in [0.5, 0.6) is 0 Å². The minimum atomic E-state index is -0.135. The van der Waals surface area contributed by atoms with Crippen molar-refractivity contribution in [2.24, 2.45) is 11.8 Å². The third kappa shape index (κ3) is 6.12. The lowest BCUT2D eigenvalue weighted by atomic mass is 9.87. The Morgan fingerprint density at radius 1 is 1.20 bits per heavy atom. The van der Waals surface area contributed by atoms with Crippen LogP contribution in [0, 0.1) is 11.8 Å². The molecule has 1 aliphatic rings. The number of nitrogens with one attached hydrogen (secondary N) is 1. The largest absolute Gasteiger partial charge is 0.446 e. The van der Waals surface area contributed by atoms with Gasteiger partial charge in [-0.3, -0.25) is 0 Å². The highest BCUT2D eigenvalue weighted by atomic mass is 16.6. The average molecular weight is 284 g/mol. The molecule has 1 rings (SSSR count). The van der Waals surface area contributed by atoms with Crippen molar-refractivity contribution in [3.05, 3.63) is 0 Å². The summed E-state index contributed by atoms with van der Waals surface area (Å²) in [5.41, 5.74) is 0. The van der Waals surface area contributed by atoms with Crippen molar-refractivity contribution in [2.45, 2.75) is 66.0 Å². The molecule has 4 nitrogen and oxygen atoms in total. The van der Waals surface area contributed by atoms with Crippen molar-refractivity contribution >= 4 is 6.09 Å². The van der Waals surface area contributed by atoms with E-state index in [4.69, 9.17) is 4.74 Å². The number of nitrogens with zero attached hydrogens (tertiary/aromatic N) is 1. The van der Waals surface area contributed by atoms with Gasteiger partial charge in [0.15, 0.2) is 0 Å². The average Bonchev–Trinajstić information content (AvgIpc) is 2.38. The van der Waals surface area contributed by atoms with Crippen molar-refractivity contribution in [1.82, 2.24) is 10.2 Å². The number of amides is 1. The van der Waals surface area contributed by atoms with Crippen molar-refractivity contribution in [3.8, 4) is 0 Å². The lowest BCUT2D eigenvalue weighted by molar-refractivity contribution is 0.0531. The summed E-state index contributed by atoms with van der Waals surface area (Å²) < 4.78 is 5.51. The van der Waals surface area contributed by atoms with Crippen LogP contribution in [0.3, 0.4) is 0 Å². The SMILES string of the molecule is CC(C)NCCC(C)OC(=O)N1CCC(C(C)C)CC1. The summed E-state index contributed by atoms with van der Waals surface area (Å²) in [5, 5.41) is 3.34. The highest BCUT2D eigenvalue weighted by Crippen LogP contribution is 2.24. The Morgan fingerprint density at radius 3 is 2.30 bits per heavy atom. The van der Waals surface area contributed by atoms with Gasteiger partial charge in [0.2, 0.25) is 0 Å². The summed E-state index contributed by atoms with van der Waals surface area (Å²) in [4.78, 5) is 13.9. The van der Waals surface area contributed by atoms with E-state index in [1.165, 1.54) is 0 Å². The fourth-order valence-corrected chi connectivity index (χ4v) is 2.63. The molecule has 1 fully saturated rings. The molecule has 1 unspecified atom stereocenters. The van der Waals surface area contributed by atoms with Gasteiger partial charge in [-0.1, -0.05) is 27.7 Å². The Morgan fingerprint density at radius 2 is 1.80 bits per heavy atom. The van der Waals surface area contributed by atoms with Gasteiger partial charge in [-0.25, -0.2) is 4.79 Å². The minimum absolute atomic E-state index is 0.0171. The van der Waals surface area contributed by atoms with Gasteiger partial charge in [0.25, 0.3) is 0 Å². The number of carbonyl (C=O) groups excluding carboxylic acids is 1. The first-order valence-electron chi connectivity index (χ1n) is 8.09. The lowest BCUT2D eigenvalue weighted by Crippen LogP contribution is -2.41. The highest BCUT2D eigenvalue weighted by Gasteiger charge is 2.26. The zero-order chi connectivity index (χ0) is 15.1. The van der Waals surface area contributed by atoms with Crippen LogP contribution < -0.4 is 5.32 Å². The van der Waals surface area contributed by atoms with E-state index < -0.39 is 0 Å². The summed E-state index contributed by atoms with van der Waals surface area (Å²) in [5.74, 6) is 1.47. The summed E-state index contributed by atoms with van der Waals surface area (Å²) >= 11 is 0. The van der Waals surface area contributed by atoms with E-state index in [1.807, 2.05) is 11.8 Å². The molecule has 4 heteroatoms. The molecule has 1 N–H and O–H groups in total. The number of likely N-dealkylation sites (tertiary alicyclic amines) is 1. The number of hydrogen-bond donors (Lipinski definition) is 1. The molecule has 0 spiro atoms. The van der Waals surface area contributed by atoms with Crippen LogP contribution in [0.1, 0.15) is 53.9 Å². The van der Waals surface area contributed by atoms with Gasteiger partial charge in [-0.15, -0.1) is 0 Å². The Bertz CT molecular complexity index is 284. The summed E-state index contributed by atoms with van der Waals surface area (Å²) in [6.45, 7) is 13.3.